The van der Waals surface area contributed by atoms with Crippen LogP contribution in [0.3, 0.4) is 0 Å². The standard InChI is InChI=1S/C10H14Cl2/c11-8-4-7-5-1-2-6(3-5)9(7)10(8)12/h5-10H,1-4H2. The van der Waals surface area contributed by atoms with Gasteiger partial charge in [0.05, 0.1) is 10.8 Å². The summed E-state index contributed by atoms with van der Waals surface area (Å²) in [6.07, 6.45) is 5.54. The van der Waals surface area contributed by atoms with Crippen molar-refractivity contribution in [3.63, 3.8) is 0 Å². The molecule has 0 amide bonds. The van der Waals surface area contributed by atoms with E-state index in [-0.39, 0.29) is 10.8 Å². The van der Waals surface area contributed by atoms with Crippen LogP contribution in [-0.2, 0) is 0 Å². The summed E-state index contributed by atoms with van der Waals surface area (Å²) >= 11 is 12.5. The summed E-state index contributed by atoms with van der Waals surface area (Å²) < 4.78 is 0. The van der Waals surface area contributed by atoms with Crippen LogP contribution < -0.4 is 0 Å². The van der Waals surface area contributed by atoms with Crippen LogP contribution in [0.4, 0.5) is 0 Å². The van der Waals surface area contributed by atoms with Gasteiger partial charge >= 0.3 is 0 Å². The van der Waals surface area contributed by atoms with E-state index >= 15 is 0 Å². The van der Waals surface area contributed by atoms with Gasteiger partial charge in [-0.05, 0) is 49.4 Å². The van der Waals surface area contributed by atoms with Crippen molar-refractivity contribution in [2.24, 2.45) is 23.7 Å². The van der Waals surface area contributed by atoms with Gasteiger partial charge in [0.2, 0.25) is 0 Å². The number of alkyl halides is 2. The third-order valence-electron chi connectivity index (χ3n) is 4.37. The van der Waals surface area contributed by atoms with Gasteiger partial charge in [0.25, 0.3) is 0 Å². The molecule has 0 radical (unpaired) electrons. The van der Waals surface area contributed by atoms with Crippen LogP contribution in [0.2, 0.25) is 0 Å². The van der Waals surface area contributed by atoms with E-state index in [1.807, 2.05) is 0 Å². The first-order valence-corrected chi connectivity index (χ1v) is 5.93. The van der Waals surface area contributed by atoms with Gasteiger partial charge < -0.3 is 0 Å². The van der Waals surface area contributed by atoms with Crippen LogP contribution in [-0.4, -0.2) is 10.8 Å². The molecule has 3 aliphatic carbocycles. The molecule has 2 bridgehead atoms. The number of fused-ring (bicyclic) bond motifs is 5. The molecule has 0 N–H and O–H groups in total. The molecule has 0 saturated heterocycles. The van der Waals surface area contributed by atoms with Crippen molar-refractivity contribution in [1.29, 1.82) is 0 Å². The molecule has 3 fully saturated rings. The second kappa shape index (κ2) is 2.54. The minimum atomic E-state index is 0.269. The van der Waals surface area contributed by atoms with Gasteiger partial charge in [0.1, 0.15) is 0 Å². The van der Waals surface area contributed by atoms with Crippen LogP contribution in [0.5, 0.6) is 0 Å². The van der Waals surface area contributed by atoms with Gasteiger partial charge in [-0.25, -0.2) is 0 Å². The molecular formula is C10H14Cl2. The van der Waals surface area contributed by atoms with Crippen LogP contribution in [0.25, 0.3) is 0 Å². The van der Waals surface area contributed by atoms with Crippen molar-refractivity contribution in [3.8, 4) is 0 Å². The Labute approximate surface area is 83.6 Å². The van der Waals surface area contributed by atoms with Crippen LogP contribution in [0.15, 0.2) is 0 Å². The average molecular weight is 205 g/mol. The van der Waals surface area contributed by atoms with Gasteiger partial charge in [-0.15, -0.1) is 23.2 Å². The van der Waals surface area contributed by atoms with E-state index in [1.54, 1.807) is 0 Å². The van der Waals surface area contributed by atoms with Crippen LogP contribution in [0, 0.1) is 23.7 Å². The maximum Gasteiger partial charge on any atom is 0.0533 e. The lowest BCUT2D eigenvalue weighted by atomic mass is 9.82. The second-order valence-electron chi connectivity index (χ2n) is 4.77. The molecule has 6 unspecified atom stereocenters. The van der Waals surface area contributed by atoms with E-state index in [0.717, 1.165) is 23.7 Å². The largest absolute Gasteiger partial charge is 0.121 e. The number of rotatable bonds is 0. The van der Waals surface area contributed by atoms with E-state index in [0.29, 0.717) is 0 Å². The minimum Gasteiger partial charge on any atom is -0.121 e. The third-order valence-corrected chi connectivity index (χ3v) is 5.54. The van der Waals surface area contributed by atoms with Gasteiger partial charge in [0, 0.05) is 0 Å². The monoisotopic (exact) mass is 204 g/mol. The Morgan fingerprint density at radius 1 is 0.917 bits per heavy atom. The molecule has 0 aromatic rings. The lowest BCUT2D eigenvalue weighted by molar-refractivity contribution is 0.262. The summed E-state index contributed by atoms with van der Waals surface area (Å²) in [6, 6.07) is 0. The van der Waals surface area contributed by atoms with Crippen LogP contribution in [0.1, 0.15) is 25.7 Å². The molecule has 12 heavy (non-hydrogen) atoms. The predicted octanol–water partition coefficient (Wildman–Crippen LogP) is 3.27. The Kier molecular flexibility index (Phi) is 1.68. The number of hydrogen-bond donors (Lipinski definition) is 0. The fourth-order valence-electron chi connectivity index (χ4n) is 3.93. The molecule has 3 rings (SSSR count). The summed E-state index contributed by atoms with van der Waals surface area (Å²) in [4.78, 5) is 0. The minimum absolute atomic E-state index is 0.269. The molecule has 68 valence electrons. The van der Waals surface area contributed by atoms with E-state index < -0.39 is 0 Å². The summed E-state index contributed by atoms with van der Waals surface area (Å²) in [6.45, 7) is 0. The Bertz CT molecular complexity index is 202. The highest BCUT2D eigenvalue weighted by Gasteiger charge is 2.55. The van der Waals surface area contributed by atoms with Crippen molar-refractivity contribution in [3.05, 3.63) is 0 Å². The Balaban J connectivity index is 1.90. The van der Waals surface area contributed by atoms with E-state index in [4.69, 9.17) is 23.2 Å². The second-order valence-corrected chi connectivity index (χ2v) is 5.84. The Hall–Kier alpha value is 0.580. The van der Waals surface area contributed by atoms with E-state index in [1.165, 1.54) is 25.7 Å². The van der Waals surface area contributed by atoms with Crippen molar-refractivity contribution < 1.29 is 0 Å². The van der Waals surface area contributed by atoms with Crippen molar-refractivity contribution in [2.75, 3.05) is 0 Å². The van der Waals surface area contributed by atoms with Gasteiger partial charge in [-0.3, -0.25) is 0 Å². The summed E-state index contributed by atoms with van der Waals surface area (Å²) in [7, 11) is 0. The molecule has 0 heterocycles. The Morgan fingerprint density at radius 2 is 1.67 bits per heavy atom. The first-order valence-electron chi connectivity index (χ1n) is 5.05. The molecule has 3 saturated carbocycles. The first-order chi connectivity index (χ1) is 5.77. The molecule has 3 aliphatic rings. The summed E-state index contributed by atoms with van der Waals surface area (Å²) in [5.74, 6) is 3.61. The SMILES string of the molecule is ClC1CC2C3CCC(C3)C2C1Cl. The summed E-state index contributed by atoms with van der Waals surface area (Å²) in [5, 5.41) is 0.553. The van der Waals surface area contributed by atoms with Crippen molar-refractivity contribution in [2.45, 2.75) is 36.4 Å². The maximum atomic E-state index is 6.33. The van der Waals surface area contributed by atoms with Crippen molar-refractivity contribution in [1.82, 2.24) is 0 Å². The lowest BCUT2D eigenvalue weighted by Gasteiger charge is -2.25. The average Bonchev–Trinajstić information content (AvgIpc) is 2.66. The molecule has 0 aliphatic heterocycles. The molecule has 2 heteroatoms. The normalized spacial score (nSPS) is 62.5. The summed E-state index contributed by atoms with van der Waals surface area (Å²) in [5.41, 5.74) is 0. The topological polar surface area (TPSA) is 0 Å². The highest BCUT2D eigenvalue weighted by atomic mass is 35.5. The van der Waals surface area contributed by atoms with Gasteiger partial charge in [0.15, 0.2) is 0 Å². The fourth-order valence-corrected chi connectivity index (χ4v) is 4.80. The zero-order chi connectivity index (χ0) is 8.29. The van der Waals surface area contributed by atoms with Crippen molar-refractivity contribution >= 4 is 23.2 Å². The Morgan fingerprint density at radius 3 is 2.42 bits per heavy atom. The molecule has 0 spiro atoms. The molecule has 0 nitrogen and oxygen atoms in total. The smallest absolute Gasteiger partial charge is 0.0533 e. The number of hydrogen-bond acceptors (Lipinski definition) is 0. The maximum absolute atomic E-state index is 6.33. The third kappa shape index (κ3) is 0.861. The predicted molar refractivity (Wildman–Crippen MR) is 51.7 cm³/mol. The zero-order valence-corrected chi connectivity index (χ0v) is 8.56. The highest BCUT2D eigenvalue weighted by molar-refractivity contribution is 6.30. The van der Waals surface area contributed by atoms with Gasteiger partial charge in [-0.2, -0.15) is 0 Å². The quantitative estimate of drug-likeness (QED) is 0.532. The first kappa shape index (κ1) is 7.94. The molecule has 0 aromatic carbocycles. The highest BCUT2D eigenvalue weighted by Crippen LogP contribution is 2.60. The lowest BCUT2D eigenvalue weighted by Crippen LogP contribution is -2.23. The van der Waals surface area contributed by atoms with Crippen LogP contribution >= 0.6 is 23.2 Å². The van der Waals surface area contributed by atoms with E-state index in [2.05, 4.69) is 0 Å². The number of halogens is 2. The molecule has 0 aromatic heterocycles. The fraction of sp³-hybridized carbons (Fsp3) is 1.00. The molecular weight excluding hydrogens is 191 g/mol. The van der Waals surface area contributed by atoms with Gasteiger partial charge in [-0.1, -0.05) is 0 Å². The zero-order valence-electron chi connectivity index (χ0n) is 7.05. The van der Waals surface area contributed by atoms with E-state index in [9.17, 15) is 0 Å². The molecule has 6 atom stereocenters.